The Morgan fingerprint density at radius 1 is 1.11 bits per heavy atom. The van der Waals surface area contributed by atoms with Crippen LogP contribution in [0.5, 0.6) is 0 Å². The van der Waals surface area contributed by atoms with E-state index in [-0.39, 0.29) is 10.8 Å². The SMILES string of the molecule is C=C(C)C(=O)NCCCC(Cl)(CCCC)CCCC. The number of carbonyl (C=O) groups is 1. The lowest BCUT2D eigenvalue weighted by Crippen LogP contribution is -2.28. The van der Waals surface area contributed by atoms with Gasteiger partial charge < -0.3 is 5.32 Å². The van der Waals surface area contributed by atoms with Crippen molar-refractivity contribution < 1.29 is 4.79 Å². The van der Waals surface area contributed by atoms with Crippen molar-refractivity contribution in [2.45, 2.75) is 77.0 Å². The number of carbonyl (C=O) groups excluding carboxylic acids is 1. The molecule has 0 aromatic heterocycles. The minimum atomic E-state index is -0.0695. The van der Waals surface area contributed by atoms with Crippen LogP contribution in [0.2, 0.25) is 0 Å². The molecular formula is C16H30ClNO. The third-order valence-corrected chi connectivity index (χ3v) is 4.00. The summed E-state index contributed by atoms with van der Waals surface area (Å²) in [4.78, 5) is 11.3. The molecule has 0 fully saturated rings. The Morgan fingerprint density at radius 3 is 2.00 bits per heavy atom. The van der Waals surface area contributed by atoms with Crippen molar-refractivity contribution in [3.63, 3.8) is 0 Å². The van der Waals surface area contributed by atoms with Crippen LogP contribution in [0.15, 0.2) is 12.2 Å². The zero-order valence-corrected chi connectivity index (χ0v) is 13.6. The Morgan fingerprint density at radius 2 is 1.58 bits per heavy atom. The number of unbranched alkanes of at least 4 members (excludes halogenated alkanes) is 2. The molecule has 0 unspecified atom stereocenters. The van der Waals surface area contributed by atoms with Gasteiger partial charge in [-0.15, -0.1) is 11.6 Å². The lowest BCUT2D eigenvalue weighted by Gasteiger charge is -2.27. The first-order valence-electron chi connectivity index (χ1n) is 7.58. The summed E-state index contributed by atoms with van der Waals surface area (Å²) in [6.45, 7) is 10.4. The fraction of sp³-hybridized carbons (Fsp3) is 0.812. The van der Waals surface area contributed by atoms with E-state index >= 15 is 0 Å². The van der Waals surface area contributed by atoms with Crippen LogP contribution in [-0.2, 0) is 4.79 Å². The highest BCUT2D eigenvalue weighted by molar-refractivity contribution is 6.23. The second kappa shape index (κ2) is 10.3. The van der Waals surface area contributed by atoms with E-state index in [1.54, 1.807) is 6.92 Å². The van der Waals surface area contributed by atoms with Gasteiger partial charge in [0.2, 0.25) is 5.91 Å². The van der Waals surface area contributed by atoms with Gasteiger partial charge in [0.25, 0.3) is 0 Å². The van der Waals surface area contributed by atoms with Crippen LogP contribution in [0.4, 0.5) is 0 Å². The van der Waals surface area contributed by atoms with Crippen LogP contribution in [0, 0.1) is 0 Å². The molecule has 1 N–H and O–H groups in total. The molecule has 0 saturated heterocycles. The van der Waals surface area contributed by atoms with E-state index in [0.717, 1.165) is 25.7 Å². The summed E-state index contributed by atoms with van der Waals surface area (Å²) in [5.74, 6) is -0.0534. The average molecular weight is 288 g/mol. The van der Waals surface area contributed by atoms with Gasteiger partial charge in [0, 0.05) is 17.0 Å². The van der Waals surface area contributed by atoms with Crippen LogP contribution in [0.25, 0.3) is 0 Å². The first kappa shape index (κ1) is 18.5. The second-order valence-corrected chi connectivity index (χ2v) is 6.30. The molecule has 0 rings (SSSR count). The molecule has 112 valence electrons. The molecule has 0 aromatic carbocycles. The fourth-order valence-corrected chi connectivity index (χ4v) is 2.52. The zero-order chi connectivity index (χ0) is 14.7. The molecule has 2 nitrogen and oxygen atoms in total. The van der Waals surface area contributed by atoms with Crippen molar-refractivity contribution >= 4 is 17.5 Å². The maximum absolute atomic E-state index is 11.4. The Hall–Kier alpha value is -0.500. The van der Waals surface area contributed by atoms with Crippen LogP contribution in [-0.4, -0.2) is 17.3 Å². The summed E-state index contributed by atoms with van der Waals surface area (Å²) < 4.78 is 0. The normalized spacial score (nSPS) is 11.4. The zero-order valence-electron chi connectivity index (χ0n) is 12.9. The summed E-state index contributed by atoms with van der Waals surface area (Å²) in [6.07, 6.45) is 8.83. The predicted molar refractivity (Wildman–Crippen MR) is 84.7 cm³/mol. The van der Waals surface area contributed by atoms with Crippen LogP contribution in [0.1, 0.15) is 72.1 Å². The lowest BCUT2D eigenvalue weighted by molar-refractivity contribution is -0.117. The molecule has 19 heavy (non-hydrogen) atoms. The minimum Gasteiger partial charge on any atom is -0.352 e. The first-order valence-corrected chi connectivity index (χ1v) is 7.95. The second-order valence-electron chi connectivity index (χ2n) is 5.50. The molecule has 0 radical (unpaired) electrons. The quantitative estimate of drug-likeness (QED) is 0.329. The van der Waals surface area contributed by atoms with Crippen molar-refractivity contribution in [1.29, 1.82) is 0 Å². The molecule has 0 saturated carbocycles. The third kappa shape index (κ3) is 9.10. The largest absolute Gasteiger partial charge is 0.352 e. The maximum Gasteiger partial charge on any atom is 0.246 e. The number of hydrogen-bond donors (Lipinski definition) is 1. The summed E-state index contributed by atoms with van der Waals surface area (Å²) in [7, 11) is 0. The lowest BCUT2D eigenvalue weighted by atomic mass is 9.90. The maximum atomic E-state index is 11.4. The van der Waals surface area contributed by atoms with Crippen molar-refractivity contribution in [3.8, 4) is 0 Å². The van der Waals surface area contributed by atoms with Crippen LogP contribution < -0.4 is 5.32 Å². The smallest absolute Gasteiger partial charge is 0.246 e. The number of alkyl halides is 1. The van der Waals surface area contributed by atoms with Gasteiger partial charge in [0.05, 0.1) is 0 Å². The third-order valence-electron chi connectivity index (χ3n) is 3.43. The van der Waals surface area contributed by atoms with Crippen molar-refractivity contribution in [1.82, 2.24) is 5.32 Å². The highest BCUT2D eigenvalue weighted by atomic mass is 35.5. The first-order chi connectivity index (χ1) is 8.95. The average Bonchev–Trinajstić information content (AvgIpc) is 2.39. The summed E-state index contributed by atoms with van der Waals surface area (Å²) in [5, 5.41) is 2.87. The molecule has 0 aliphatic carbocycles. The number of amides is 1. The minimum absolute atomic E-state index is 0.0534. The van der Waals surface area contributed by atoms with Gasteiger partial charge in [-0.3, -0.25) is 4.79 Å². The van der Waals surface area contributed by atoms with Crippen molar-refractivity contribution in [3.05, 3.63) is 12.2 Å². The molecule has 0 aromatic rings. The van der Waals surface area contributed by atoms with Gasteiger partial charge in [0.15, 0.2) is 0 Å². The van der Waals surface area contributed by atoms with E-state index in [4.69, 9.17) is 11.6 Å². The van der Waals surface area contributed by atoms with Crippen molar-refractivity contribution in [2.24, 2.45) is 0 Å². The molecule has 0 atom stereocenters. The molecule has 0 aliphatic rings. The van der Waals surface area contributed by atoms with E-state index in [0.29, 0.717) is 12.1 Å². The van der Waals surface area contributed by atoms with E-state index in [1.807, 2.05) is 0 Å². The molecule has 3 heteroatoms. The molecule has 0 spiro atoms. The van der Waals surface area contributed by atoms with E-state index in [9.17, 15) is 4.79 Å². The Kier molecular flexibility index (Phi) is 10.0. The Balaban J connectivity index is 4.03. The van der Waals surface area contributed by atoms with Gasteiger partial charge in [-0.05, 0) is 32.6 Å². The summed E-state index contributed by atoms with van der Waals surface area (Å²) in [5.41, 5.74) is 0.564. The highest BCUT2D eigenvalue weighted by Crippen LogP contribution is 2.33. The topological polar surface area (TPSA) is 29.1 Å². The van der Waals surface area contributed by atoms with Gasteiger partial charge in [-0.2, -0.15) is 0 Å². The molecule has 0 heterocycles. The summed E-state index contributed by atoms with van der Waals surface area (Å²) in [6, 6.07) is 0. The van der Waals surface area contributed by atoms with E-state index < -0.39 is 0 Å². The van der Waals surface area contributed by atoms with Gasteiger partial charge >= 0.3 is 0 Å². The predicted octanol–water partition coefficient (Wildman–Crippen LogP) is 4.82. The monoisotopic (exact) mass is 287 g/mol. The fourth-order valence-electron chi connectivity index (χ4n) is 2.12. The molecular weight excluding hydrogens is 258 g/mol. The van der Waals surface area contributed by atoms with Gasteiger partial charge in [-0.1, -0.05) is 46.1 Å². The number of halogens is 1. The highest BCUT2D eigenvalue weighted by Gasteiger charge is 2.25. The number of rotatable bonds is 11. The van der Waals surface area contributed by atoms with Crippen molar-refractivity contribution in [2.75, 3.05) is 6.54 Å². The number of hydrogen-bond acceptors (Lipinski definition) is 1. The Labute approximate surface area is 124 Å². The van der Waals surface area contributed by atoms with E-state index in [1.165, 1.54) is 25.7 Å². The number of nitrogens with one attached hydrogen (secondary N) is 1. The molecule has 0 bridgehead atoms. The Bertz CT molecular complexity index is 268. The van der Waals surface area contributed by atoms with Crippen LogP contribution in [0.3, 0.4) is 0 Å². The molecule has 0 aliphatic heterocycles. The van der Waals surface area contributed by atoms with E-state index in [2.05, 4.69) is 25.7 Å². The standard InChI is InChI=1S/C16H30ClNO/c1-5-7-10-16(17,11-8-6-2)12-9-13-18-15(19)14(3)4/h3,5-13H2,1-2,4H3,(H,18,19). The van der Waals surface area contributed by atoms with Gasteiger partial charge in [0.1, 0.15) is 0 Å². The molecule has 1 amide bonds. The van der Waals surface area contributed by atoms with Gasteiger partial charge in [-0.25, -0.2) is 0 Å². The summed E-state index contributed by atoms with van der Waals surface area (Å²) >= 11 is 6.74. The van der Waals surface area contributed by atoms with Crippen LogP contribution >= 0.6 is 11.6 Å².